The van der Waals surface area contributed by atoms with Crippen LogP contribution in [0.1, 0.15) is 36.1 Å². The minimum atomic E-state index is 0.714. The van der Waals surface area contributed by atoms with E-state index in [9.17, 15) is 0 Å². The molecule has 1 atom stereocenters. The highest BCUT2D eigenvalue weighted by Gasteiger charge is 2.22. The minimum absolute atomic E-state index is 0.714. The number of likely N-dealkylation sites (N-methyl/N-ethyl adjacent to an activating group) is 1. The average molecular weight is 253 g/mol. The SMILES string of the molecule is CCN1CCCCC1Cc1ncc(CCN)s1. The van der Waals surface area contributed by atoms with E-state index >= 15 is 0 Å². The Balaban J connectivity index is 1.93. The summed E-state index contributed by atoms with van der Waals surface area (Å²) >= 11 is 1.85. The molecule has 2 N–H and O–H groups in total. The van der Waals surface area contributed by atoms with Gasteiger partial charge in [0.15, 0.2) is 0 Å². The predicted octanol–water partition coefficient (Wildman–Crippen LogP) is 2.06. The van der Waals surface area contributed by atoms with Crippen LogP contribution in [0.15, 0.2) is 6.20 Å². The smallest absolute Gasteiger partial charge is 0.0943 e. The lowest BCUT2D eigenvalue weighted by Crippen LogP contribution is -2.40. The maximum atomic E-state index is 5.57. The van der Waals surface area contributed by atoms with Gasteiger partial charge in [-0.15, -0.1) is 11.3 Å². The fourth-order valence-corrected chi connectivity index (χ4v) is 3.62. The van der Waals surface area contributed by atoms with Crippen molar-refractivity contribution in [2.24, 2.45) is 5.73 Å². The first-order chi connectivity index (χ1) is 8.33. The van der Waals surface area contributed by atoms with Gasteiger partial charge in [0.25, 0.3) is 0 Å². The molecule has 0 bridgehead atoms. The van der Waals surface area contributed by atoms with Crippen LogP contribution < -0.4 is 5.73 Å². The molecule has 17 heavy (non-hydrogen) atoms. The third-order valence-electron chi connectivity index (χ3n) is 3.56. The Labute approximate surface area is 108 Å². The van der Waals surface area contributed by atoms with Crippen molar-refractivity contribution in [1.82, 2.24) is 9.88 Å². The highest BCUT2D eigenvalue weighted by Crippen LogP contribution is 2.22. The van der Waals surface area contributed by atoms with Crippen molar-refractivity contribution < 1.29 is 0 Å². The molecule has 0 aromatic carbocycles. The van der Waals surface area contributed by atoms with Crippen molar-refractivity contribution in [2.45, 2.75) is 45.1 Å². The molecule has 2 heterocycles. The van der Waals surface area contributed by atoms with Crippen molar-refractivity contribution in [2.75, 3.05) is 19.6 Å². The van der Waals surface area contributed by atoms with Crippen molar-refractivity contribution in [1.29, 1.82) is 0 Å². The summed E-state index contributed by atoms with van der Waals surface area (Å²) < 4.78 is 0. The number of rotatable bonds is 5. The fraction of sp³-hybridized carbons (Fsp3) is 0.769. The second kappa shape index (κ2) is 6.47. The van der Waals surface area contributed by atoms with Crippen LogP contribution in [0.5, 0.6) is 0 Å². The van der Waals surface area contributed by atoms with Gasteiger partial charge in [-0.1, -0.05) is 13.3 Å². The van der Waals surface area contributed by atoms with Crippen LogP contribution in [-0.2, 0) is 12.8 Å². The Bertz CT molecular complexity index is 337. The molecule has 0 aliphatic carbocycles. The lowest BCUT2D eigenvalue weighted by atomic mass is 10.00. The summed E-state index contributed by atoms with van der Waals surface area (Å²) in [4.78, 5) is 8.47. The van der Waals surface area contributed by atoms with Gasteiger partial charge in [0.1, 0.15) is 0 Å². The fourth-order valence-electron chi connectivity index (χ4n) is 2.61. The van der Waals surface area contributed by atoms with Gasteiger partial charge in [-0.3, -0.25) is 0 Å². The predicted molar refractivity (Wildman–Crippen MR) is 73.5 cm³/mol. The Morgan fingerprint density at radius 1 is 1.53 bits per heavy atom. The van der Waals surface area contributed by atoms with Crippen LogP contribution in [-0.4, -0.2) is 35.6 Å². The lowest BCUT2D eigenvalue weighted by Gasteiger charge is -2.34. The number of nitrogens with zero attached hydrogens (tertiary/aromatic N) is 2. The first-order valence-electron chi connectivity index (χ1n) is 6.71. The van der Waals surface area contributed by atoms with Crippen molar-refractivity contribution in [3.05, 3.63) is 16.1 Å². The van der Waals surface area contributed by atoms with E-state index in [1.54, 1.807) is 0 Å². The van der Waals surface area contributed by atoms with Gasteiger partial charge < -0.3 is 10.6 Å². The topological polar surface area (TPSA) is 42.2 Å². The van der Waals surface area contributed by atoms with Gasteiger partial charge in [-0.25, -0.2) is 4.98 Å². The molecule has 96 valence electrons. The lowest BCUT2D eigenvalue weighted by molar-refractivity contribution is 0.155. The van der Waals surface area contributed by atoms with E-state index in [1.165, 1.54) is 42.2 Å². The van der Waals surface area contributed by atoms with E-state index in [-0.39, 0.29) is 0 Å². The summed E-state index contributed by atoms with van der Waals surface area (Å²) in [5.74, 6) is 0. The van der Waals surface area contributed by atoms with E-state index in [2.05, 4.69) is 16.8 Å². The van der Waals surface area contributed by atoms with Crippen LogP contribution in [0.2, 0.25) is 0 Å². The molecule has 1 aliphatic rings. The monoisotopic (exact) mass is 253 g/mol. The summed E-state index contributed by atoms with van der Waals surface area (Å²) in [5, 5.41) is 1.29. The first kappa shape index (κ1) is 13.0. The van der Waals surface area contributed by atoms with Gasteiger partial charge in [0, 0.05) is 23.5 Å². The molecular weight excluding hydrogens is 230 g/mol. The van der Waals surface area contributed by atoms with E-state index in [4.69, 9.17) is 5.73 Å². The van der Waals surface area contributed by atoms with Crippen LogP contribution >= 0.6 is 11.3 Å². The molecule has 3 nitrogen and oxygen atoms in total. The molecule has 1 aromatic rings. The third kappa shape index (κ3) is 3.50. The third-order valence-corrected chi connectivity index (χ3v) is 4.64. The number of hydrogen-bond acceptors (Lipinski definition) is 4. The molecule has 0 spiro atoms. The molecule has 1 saturated heterocycles. The van der Waals surface area contributed by atoms with Crippen molar-refractivity contribution >= 4 is 11.3 Å². The quantitative estimate of drug-likeness (QED) is 0.873. The van der Waals surface area contributed by atoms with Gasteiger partial charge >= 0.3 is 0 Å². The Morgan fingerprint density at radius 2 is 2.41 bits per heavy atom. The van der Waals surface area contributed by atoms with Crippen LogP contribution in [0.4, 0.5) is 0 Å². The van der Waals surface area contributed by atoms with E-state index in [0.717, 1.165) is 19.4 Å². The molecule has 4 heteroatoms. The summed E-state index contributed by atoms with van der Waals surface area (Å²) in [6.45, 7) is 5.43. The number of piperidine rings is 1. The van der Waals surface area contributed by atoms with Crippen molar-refractivity contribution in [3.8, 4) is 0 Å². The highest BCUT2D eigenvalue weighted by atomic mass is 32.1. The van der Waals surface area contributed by atoms with Crippen LogP contribution in [0.3, 0.4) is 0 Å². The Morgan fingerprint density at radius 3 is 3.18 bits per heavy atom. The zero-order valence-corrected chi connectivity index (χ0v) is 11.5. The van der Waals surface area contributed by atoms with E-state index < -0.39 is 0 Å². The van der Waals surface area contributed by atoms with Gasteiger partial charge in [0.2, 0.25) is 0 Å². The first-order valence-corrected chi connectivity index (χ1v) is 7.52. The Hall–Kier alpha value is -0.450. The van der Waals surface area contributed by atoms with E-state index in [0.29, 0.717) is 6.04 Å². The number of thiazole rings is 1. The highest BCUT2D eigenvalue weighted by molar-refractivity contribution is 7.11. The maximum Gasteiger partial charge on any atom is 0.0943 e. The Kier molecular flexibility index (Phi) is 4.95. The van der Waals surface area contributed by atoms with Gasteiger partial charge in [0.05, 0.1) is 5.01 Å². The molecule has 1 aliphatic heterocycles. The normalized spacial score (nSPS) is 21.9. The maximum absolute atomic E-state index is 5.57. The number of nitrogens with two attached hydrogens (primary N) is 1. The number of hydrogen-bond donors (Lipinski definition) is 1. The van der Waals surface area contributed by atoms with Gasteiger partial charge in [-0.2, -0.15) is 0 Å². The molecule has 1 aromatic heterocycles. The summed E-state index contributed by atoms with van der Waals surface area (Å²) in [6.07, 6.45) is 8.18. The average Bonchev–Trinajstić information content (AvgIpc) is 2.78. The van der Waals surface area contributed by atoms with E-state index in [1.807, 2.05) is 17.5 Å². The molecule has 0 radical (unpaired) electrons. The summed E-state index contributed by atoms with van der Waals surface area (Å²) in [5.41, 5.74) is 5.57. The standard InChI is InChI=1S/C13H23N3S/c1-2-16-8-4-3-5-11(16)9-13-15-10-12(17-13)6-7-14/h10-11H,2-9,14H2,1H3. The molecule has 0 saturated carbocycles. The number of likely N-dealkylation sites (tertiary alicyclic amines) is 1. The largest absolute Gasteiger partial charge is 0.330 e. The van der Waals surface area contributed by atoms with Crippen LogP contribution in [0, 0.1) is 0 Å². The molecule has 1 unspecified atom stereocenters. The van der Waals surface area contributed by atoms with Gasteiger partial charge in [-0.05, 0) is 38.9 Å². The second-order valence-electron chi connectivity index (χ2n) is 4.74. The second-order valence-corrected chi connectivity index (χ2v) is 5.94. The van der Waals surface area contributed by atoms with Crippen molar-refractivity contribution in [3.63, 3.8) is 0 Å². The molecule has 2 rings (SSSR count). The minimum Gasteiger partial charge on any atom is -0.330 e. The summed E-state index contributed by atoms with van der Waals surface area (Å²) in [6, 6.07) is 0.714. The number of aromatic nitrogens is 1. The zero-order chi connectivity index (χ0) is 12.1. The molecule has 1 fully saturated rings. The summed E-state index contributed by atoms with van der Waals surface area (Å²) in [7, 11) is 0. The van der Waals surface area contributed by atoms with Crippen LogP contribution in [0.25, 0.3) is 0 Å². The zero-order valence-electron chi connectivity index (χ0n) is 10.7. The molecular formula is C13H23N3S. The molecule has 0 amide bonds.